The molecule has 8 heteroatoms. The fourth-order valence-corrected chi connectivity index (χ4v) is 5.35. The highest BCUT2D eigenvalue weighted by atomic mass is 35.5. The number of aromatic amines is 2. The number of aromatic nitrogens is 3. The van der Waals surface area contributed by atoms with Crippen molar-refractivity contribution in [3.05, 3.63) is 127 Å². The van der Waals surface area contributed by atoms with Crippen molar-refractivity contribution in [3.63, 3.8) is 0 Å². The standard InChI is InChI=1S/C31H32ClN3O3S/c32-26-14-12-23(13-15-26)28(36)11-7-2-1-3-8-18-39-31-34-21-25(29(37)35-31)20-24-16-17-33-30(38)27(24)19-22-9-5-4-6-10-22/h4-6,9-10,12-17,21H,1-3,7-8,11,18-20H2,(H,33,38)(H,34,35,37). The van der Waals surface area contributed by atoms with Crippen molar-refractivity contribution < 1.29 is 4.79 Å². The van der Waals surface area contributed by atoms with Crippen molar-refractivity contribution in [2.24, 2.45) is 0 Å². The van der Waals surface area contributed by atoms with Gasteiger partial charge in [-0.15, -0.1) is 0 Å². The number of nitrogens with one attached hydrogen (secondary N) is 2. The summed E-state index contributed by atoms with van der Waals surface area (Å²) in [6.45, 7) is 0. The van der Waals surface area contributed by atoms with Gasteiger partial charge in [-0.05, 0) is 54.3 Å². The average molecular weight is 562 g/mol. The molecule has 2 heterocycles. The molecule has 0 amide bonds. The summed E-state index contributed by atoms with van der Waals surface area (Å²) in [5.74, 6) is 1.02. The fourth-order valence-electron chi connectivity index (χ4n) is 4.39. The zero-order valence-electron chi connectivity index (χ0n) is 21.8. The lowest BCUT2D eigenvalue weighted by molar-refractivity contribution is 0.0979. The van der Waals surface area contributed by atoms with Gasteiger partial charge in [-0.25, -0.2) is 4.98 Å². The highest BCUT2D eigenvalue weighted by Gasteiger charge is 2.12. The second-order valence-electron chi connectivity index (χ2n) is 9.49. The minimum atomic E-state index is -0.177. The first-order valence-corrected chi connectivity index (χ1v) is 14.6. The maximum Gasteiger partial charge on any atom is 0.255 e. The quantitative estimate of drug-likeness (QED) is 0.0781. The van der Waals surface area contributed by atoms with Gasteiger partial charge in [-0.2, -0.15) is 0 Å². The Morgan fingerprint density at radius 1 is 0.821 bits per heavy atom. The molecule has 0 unspecified atom stereocenters. The second kappa shape index (κ2) is 14.7. The van der Waals surface area contributed by atoms with Crippen molar-refractivity contribution in [1.82, 2.24) is 15.0 Å². The average Bonchev–Trinajstić information content (AvgIpc) is 2.94. The maximum atomic E-state index is 12.8. The van der Waals surface area contributed by atoms with Gasteiger partial charge in [-0.1, -0.05) is 73.0 Å². The SMILES string of the molecule is O=C(CCCCCCCSc1ncc(Cc2cc[nH]c(=O)c2Cc2ccccc2)c(=O)[nH]1)c1ccc(Cl)cc1. The van der Waals surface area contributed by atoms with Crippen LogP contribution in [0.1, 0.15) is 71.1 Å². The summed E-state index contributed by atoms with van der Waals surface area (Å²) in [7, 11) is 0. The lowest BCUT2D eigenvalue weighted by atomic mass is 9.98. The molecular weight excluding hydrogens is 530 g/mol. The smallest absolute Gasteiger partial charge is 0.255 e. The summed E-state index contributed by atoms with van der Waals surface area (Å²) >= 11 is 7.41. The number of ketones is 1. The molecule has 0 bridgehead atoms. The molecule has 0 aliphatic carbocycles. The molecule has 4 aromatic rings. The number of carbonyl (C=O) groups excluding carboxylic acids is 1. The van der Waals surface area contributed by atoms with Crippen LogP contribution in [0.4, 0.5) is 0 Å². The van der Waals surface area contributed by atoms with Crippen molar-refractivity contribution in [2.45, 2.75) is 56.5 Å². The number of unbranched alkanes of at least 4 members (excludes halogenated alkanes) is 4. The summed E-state index contributed by atoms with van der Waals surface area (Å²) in [4.78, 5) is 47.6. The number of H-pyrrole nitrogens is 2. The van der Waals surface area contributed by atoms with E-state index in [0.717, 1.165) is 49.0 Å². The number of carbonyl (C=O) groups is 1. The monoisotopic (exact) mass is 561 g/mol. The molecule has 0 saturated carbocycles. The normalized spacial score (nSPS) is 11.0. The van der Waals surface area contributed by atoms with Gasteiger partial charge in [0.1, 0.15) is 0 Å². The van der Waals surface area contributed by atoms with E-state index >= 15 is 0 Å². The summed E-state index contributed by atoms with van der Waals surface area (Å²) in [5, 5.41) is 1.24. The molecule has 0 saturated heterocycles. The van der Waals surface area contributed by atoms with E-state index in [2.05, 4.69) is 15.0 Å². The Morgan fingerprint density at radius 3 is 2.33 bits per heavy atom. The maximum absolute atomic E-state index is 12.8. The number of pyridine rings is 1. The van der Waals surface area contributed by atoms with Crippen LogP contribution >= 0.6 is 23.4 Å². The first-order valence-electron chi connectivity index (χ1n) is 13.2. The van der Waals surface area contributed by atoms with Gasteiger partial charge in [0.05, 0.1) is 0 Å². The molecule has 2 aromatic heterocycles. The Hall–Kier alpha value is -3.42. The summed E-state index contributed by atoms with van der Waals surface area (Å²) in [6.07, 6.45) is 9.69. The minimum absolute atomic E-state index is 0.138. The molecular formula is C31H32ClN3O3S. The van der Waals surface area contributed by atoms with Crippen molar-refractivity contribution in [2.75, 3.05) is 5.75 Å². The Morgan fingerprint density at radius 2 is 1.56 bits per heavy atom. The first-order chi connectivity index (χ1) is 19.0. The van der Waals surface area contributed by atoms with Gasteiger partial charge < -0.3 is 9.97 Å². The Kier molecular flexibility index (Phi) is 10.7. The summed E-state index contributed by atoms with van der Waals surface area (Å²) in [6, 6.07) is 18.7. The molecule has 202 valence electrons. The number of halogens is 1. The topological polar surface area (TPSA) is 95.7 Å². The Labute approximate surface area is 237 Å². The van der Waals surface area contributed by atoms with E-state index in [4.69, 9.17) is 11.6 Å². The van der Waals surface area contributed by atoms with Crippen LogP contribution in [0.2, 0.25) is 5.02 Å². The Bertz CT molecular complexity index is 1480. The van der Waals surface area contributed by atoms with Crippen LogP contribution < -0.4 is 11.1 Å². The number of hydrogen-bond donors (Lipinski definition) is 2. The third-order valence-corrected chi connectivity index (χ3v) is 7.79. The van der Waals surface area contributed by atoms with E-state index in [1.54, 1.807) is 36.7 Å². The van der Waals surface area contributed by atoms with Gasteiger partial charge in [-0.3, -0.25) is 14.4 Å². The number of benzene rings is 2. The van der Waals surface area contributed by atoms with Gasteiger partial charge in [0.25, 0.3) is 11.1 Å². The van der Waals surface area contributed by atoms with Crippen LogP contribution in [-0.2, 0) is 12.8 Å². The molecule has 0 radical (unpaired) electrons. The lowest BCUT2D eigenvalue weighted by Crippen LogP contribution is -2.19. The molecule has 39 heavy (non-hydrogen) atoms. The first kappa shape index (κ1) is 28.6. The molecule has 2 N–H and O–H groups in total. The molecule has 4 rings (SSSR count). The highest BCUT2D eigenvalue weighted by Crippen LogP contribution is 2.18. The molecule has 0 fully saturated rings. The van der Waals surface area contributed by atoms with Gasteiger partial charge in [0, 0.05) is 59.1 Å². The van der Waals surface area contributed by atoms with E-state index in [0.29, 0.717) is 46.1 Å². The minimum Gasteiger partial charge on any atom is -0.329 e. The molecule has 0 spiro atoms. The summed E-state index contributed by atoms with van der Waals surface area (Å²) < 4.78 is 0. The van der Waals surface area contributed by atoms with Crippen LogP contribution in [0, 0.1) is 0 Å². The van der Waals surface area contributed by atoms with Crippen molar-refractivity contribution in [3.8, 4) is 0 Å². The number of nitrogens with zero attached hydrogens (tertiary/aromatic N) is 1. The predicted molar refractivity (Wildman–Crippen MR) is 158 cm³/mol. The fraction of sp³-hybridized carbons (Fsp3) is 0.290. The molecule has 0 atom stereocenters. The molecule has 0 aliphatic rings. The largest absolute Gasteiger partial charge is 0.329 e. The highest BCUT2D eigenvalue weighted by molar-refractivity contribution is 7.99. The van der Waals surface area contributed by atoms with Crippen molar-refractivity contribution in [1.29, 1.82) is 0 Å². The lowest BCUT2D eigenvalue weighted by Gasteiger charge is -2.09. The zero-order valence-corrected chi connectivity index (χ0v) is 23.3. The van der Waals surface area contributed by atoms with Crippen molar-refractivity contribution >= 4 is 29.1 Å². The number of rotatable bonds is 14. The van der Waals surface area contributed by atoms with E-state index in [1.165, 1.54) is 11.8 Å². The zero-order chi connectivity index (χ0) is 27.5. The van der Waals surface area contributed by atoms with E-state index in [1.807, 2.05) is 36.4 Å². The van der Waals surface area contributed by atoms with Crippen LogP contribution in [0.5, 0.6) is 0 Å². The van der Waals surface area contributed by atoms with E-state index in [-0.39, 0.29) is 16.9 Å². The van der Waals surface area contributed by atoms with Crippen LogP contribution in [0.3, 0.4) is 0 Å². The third kappa shape index (κ3) is 8.80. The van der Waals surface area contributed by atoms with E-state index in [9.17, 15) is 14.4 Å². The van der Waals surface area contributed by atoms with Crippen LogP contribution in [0.25, 0.3) is 0 Å². The number of Topliss-reactive ketones (excluding diaryl/α,β-unsaturated/α-hetero) is 1. The number of hydrogen-bond acceptors (Lipinski definition) is 5. The van der Waals surface area contributed by atoms with Crippen LogP contribution in [-0.4, -0.2) is 26.5 Å². The Balaban J connectivity index is 1.20. The summed E-state index contributed by atoms with van der Waals surface area (Å²) in [5.41, 5.74) is 3.47. The van der Waals surface area contributed by atoms with E-state index < -0.39 is 0 Å². The molecule has 0 aliphatic heterocycles. The third-order valence-electron chi connectivity index (χ3n) is 6.57. The molecule has 6 nitrogen and oxygen atoms in total. The van der Waals surface area contributed by atoms with Gasteiger partial charge >= 0.3 is 0 Å². The predicted octanol–water partition coefficient (Wildman–Crippen LogP) is 6.61. The number of thioether (sulfide) groups is 1. The second-order valence-corrected chi connectivity index (χ2v) is 11.0. The van der Waals surface area contributed by atoms with Gasteiger partial charge in [0.15, 0.2) is 10.9 Å². The van der Waals surface area contributed by atoms with Gasteiger partial charge in [0.2, 0.25) is 0 Å². The van der Waals surface area contributed by atoms with Crippen LogP contribution in [0.15, 0.2) is 87.8 Å². The molecule has 2 aromatic carbocycles.